The van der Waals surface area contributed by atoms with Crippen molar-refractivity contribution in [3.05, 3.63) is 65.4 Å². The van der Waals surface area contributed by atoms with Crippen LogP contribution in [0.5, 0.6) is 0 Å². The molecule has 0 aliphatic heterocycles. The summed E-state index contributed by atoms with van der Waals surface area (Å²) in [6.07, 6.45) is 0. The summed E-state index contributed by atoms with van der Waals surface area (Å²) in [6.45, 7) is 2.05. The van der Waals surface area contributed by atoms with Crippen LogP contribution in [0.3, 0.4) is 0 Å². The smallest absolute Gasteiger partial charge is 0.229 e. The molecular formula is C15H12ClN3. The average Bonchev–Trinajstić information content (AvgIpc) is 2.83. The first-order valence-corrected chi connectivity index (χ1v) is 6.37. The van der Waals surface area contributed by atoms with E-state index in [4.69, 9.17) is 11.6 Å². The highest BCUT2D eigenvalue weighted by atomic mass is 35.5. The van der Waals surface area contributed by atoms with Crippen molar-refractivity contribution >= 4 is 11.6 Å². The Hall–Kier alpha value is -2.13. The lowest BCUT2D eigenvalue weighted by atomic mass is 10.2. The normalized spacial score (nSPS) is 10.6. The van der Waals surface area contributed by atoms with Crippen LogP contribution in [-0.2, 0) is 0 Å². The number of benzene rings is 2. The fourth-order valence-corrected chi connectivity index (χ4v) is 2.18. The van der Waals surface area contributed by atoms with Gasteiger partial charge in [-0.3, -0.25) is 4.57 Å². The lowest BCUT2D eigenvalue weighted by Crippen LogP contribution is -1.97. The lowest BCUT2D eigenvalue weighted by molar-refractivity contribution is 1.06. The number of rotatable bonds is 2. The highest BCUT2D eigenvalue weighted by molar-refractivity contribution is 6.28. The Morgan fingerprint density at radius 2 is 1.58 bits per heavy atom. The third kappa shape index (κ3) is 2.25. The molecule has 3 rings (SSSR count). The maximum absolute atomic E-state index is 6.16. The number of hydrogen-bond donors (Lipinski definition) is 0. The standard InChI is InChI=1S/C15H12ClN3/c1-11-7-9-13(10-8-11)19-14(17-18-15(19)16)12-5-3-2-4-6-12/h2-10H,1H3. The van der Waals surface area contributed by atoms with Crippen molar-refractivity contribution in [2.75, 3.05) is 0 Å². The van der Waals surface area contributed by atoms with Gasteiger partial charge in [-0.15, -0.1) is 10.2 Å². The molecule has 0 saturated heterocycles. The Bertz CT molecular complexity index is 687. The topological polar surface area (TPSA) is 30.7 Å². The van der Waals surface area contributed by atoms with Crippen LogP contribution in [-0.4, -0.2) is 14.8 Å². The van der Waals surface area contributed by atoms with E-state index in [-0.39, 0.29) is 0 Å². The van der Waals surface area contributed by atoms with Gasteiger partial charge in [-0.25, -0.2) is 0 Å². The second kappa shape index (κ2) is 4.86. The largest absolute Gasteiger partial charge is 0.266 e. The van der Waals surface area contributed by atoms with Gasteiger partial charge >= 0.3 is 0 Å². The van der Waals surface area contributed by atoms with E-state index >= 15 is 0 Å². The maximum atomic E-state index is 6.16. The van der Waals surface area contributed by atoms with Crippen molar-refractivity contribution in [2.24, 2.45) is 0 Å². The summed E-state index contributed by atoms with van der Waals surface area (Å²) in [4.78, 5) is 0. The Kier molecular flexibility index (Phi) is 3.05. The average molecular weight is 270 g/mol. The van der Waals surface area contributed by atoms with E-state index in [0.717, 1.165) is 17.1 Å². The predicted molar refractivity (Wildman–Crippen MR) is 76.5 cm³/mol. The zero-order valence-electron chi connectivity index (χ0n) is 10.4. The number of halogens is 1. The molecule has 94 valence electrons. The maximum Gasteiger partial charge on any atom is 0.229 e. The summed E-state index contributed by atoms with van der Waals surface area (Å²) in [5.41, 5.74) is 3.15. The molecule has 19 heavy (non-hydrogen) atoms. The fourth-order valence-electron chi connectivity index (χ4n) is 1.96. The van der Waals surface area contributed by atoms with Crippen molar-refractivity contribution in [1.29, 1.82) is 0 Å². The summed E-state index contributed by atoms with van der Waals surface area (Å²) < 4.78 is 1.84. The zero-order valence-corrected chi connectivity index (χ0v) is 11.2. The van der Waals surface area contributed by atoms with Gasteiger partial charge in [0.1, 0.15) is 0 Å². The molecule has 0 aliphatic rings. The van der Waals surface area contributed by atoms with E-state index in [1.54, 1.807) is 0 Å². The molecule has 0 N–H and O–H groups in total. The molecule has 2 aromatic carbocycles. The first kappa shape index (κ1) is 11.9. The van der Waals surface area contributed by atoms with Crippen LogP contribution in [0.2, 0.25) is 5.28 Å². The first-order valence-electron chi connectivity index (χ1n) is 5.99. The van der Waals surface area contributed by atoms with Crippen molar-refractivity contribution in [1.82, 2.24) is 14.8 Å². The molecule has 0 saturated carbocycles. The van der Waals surface area contributed by atoms with Crippen molar-refractivity contribution in [2.45, 2.75) is 6.92 Å². The molecule has 0 unspecified atom stereocenters. The molecule has 0 spiro atoms. The van der Waals surface area contributed by atoms with E-state index in [1.807, 2.05) is 59.2 Å². The van der Waals surface area contributed by atoms with Gasteiger partial charge in [0.2, 0.25) is 5.28 Å². The summed E-state index contributed by atoms with van der Waals surface area (Å²) in [5, 5.41) is 8.50. The number of aryl methyl sites for hydroxylation is 1. The predicted octanol–water partition coefficient (Wildman–Crippen LogP) is 3.90. The number of hydrogen-bond acceptors (Lipinski definition) is 2. The first-order chi connectivity index (χ1) is 9.25. The molecule has 0 amide bonds. The van der Waals surface area contributed by atoms with Crippen molar-refractivity contribution in [3.63, 3.8) is 0 Å². The van der Waals surface area contributed by atoms with Crippen LogP contribution in [0, 0.1) is 6.92 Å². The van der Waals surface area contributed by atoms with E-state index < -0.39 is 0 Å². The lowest BCUT2D eigenvalue weighted by Gasteiger charge is -2.08. The van der Waals surface area contributed by atoms with Crippen LogP contribution in [0.25, 0.3) is 17.1 Å². The molecule has 0 aliphatic carbocycles. The third-order valence-corrected chi connectivity index (χ3v) is 3.19. The quantitative estimate of drug-likeness (QED) is 0.706. The van der Waals surface area contributed by atoms with Crippen molar-refractivity contribution < 1.29 is 0 Å². The minimum absolute atomic E-state index is 0.364. The van der Waals surface area contributed by atoms with Crippen LogP contribution in [0.1, 0.15) is 5.56 Å². The van der Waals surface area contributed by atoms with Gasteiger partial charge in [0, 0.05) is 5.56 Å². The molecular weight excluding hydrogens is 258 g/mol. The SMILES string of the molecule is Cc1ccc(-n2c(Cl)nnc2-c2ccccc2)cc1. The fraction of sp³-hybridized carbons (Fsp3) is 0.0667. The second-order valence-corrected chi connectivity index (χ2v) is 4.67. The zero-order chi connectivity index (χ0) is 13.2. The molecule has 4 heteroatoms. The third-order valence-electron chi connectivity index (χ3n) is 2.95. The van der Waals surface area contributed by atoms with Crippen LogP contribution < -0.4 is 0 Å². The molecule has 0 atom stereocenters. The van der Waals surface area contributed by atoms with Crippen LogP contribution in [0.4, 0.5) is 0 Å². The number of aromatic nitrogens is 3. The van der Waals surface area contributed by atoms with Gasteiger partial charge in [-0.1, -0.05) is 48.0 Å². The van der Waals surface area contributed by atoms with Gasteiger partial charge in [-0.05, 0) is 30.7 Å². The summed E-state index contributed by atoms with van der Waals surface area (Å²) in [6, 6.07) is 18.0. The summed E-state index contributed by atoms with van der Waals surface area (Å²) in [7, 11) is 0. The monoisotopic (exact) mass is 269 g/mol. The molecule has 1 aromatic heterocycles. The van der Waals surface area contributed by atoms with Gasteiger partial charge < -0.3 is 0 Å². The highest BCUT2D eigenvalue weighted by Gasteiger charge is 2.13. The highest BCUT2D eigenvalue weighted by Crippen LogP contribution is 2.24. The second-order valence-electron chi connectivity index (χ2n) is 4.33. The Balaban J connectivity index is 2.17. The van der Waals surface area contributed by atoms with Gasteiger partial charge in [-0.2, -0.15) is 0 Å². The molecule has 3 aromatic rings. The Morgan fingerprint density at radius 3 is 2.26 bits per heavy atom. The molecule has 0 radical (unpaired) electrons. The van der Waals surface area contributed by atoms with Crippen LogP contribution in [0.15, 0.2) is 54.6 Å². The number of nitrogens with zero attached hydrogens (tertiary/aromatic N) is 3. The Labute approximate surface area is 116 Å². The molecule has 0 bridgehead atoms. The van der Waals surface area contributed by atoms with E-state index in [1.165, 1.54) is 5.56 Å². The molecule has 3 nitrogen and oxygen atoms in total. The van der Waals surface area contributed by atoms with Gasteiger partial charge in [0.05, 0.1) is 5.69 Å². The summed E-state index contributed by atoms with van der Waals surface area (Å²) in [5.74, 6) is 0.745. The van der Waals surface area contributed by atoms with Gasteiger partial charge in [0.25, 0.3) is 0 Å². The summed E-state index contributed by atoms with van der Waals surface area (Å²) >= 11 is 6.16. The minimum Gasteiger partial charge on any atom is -0.266 e. The van der Waals surface area contributed by atoms with Crippen molar-refractivity contribution in [3.8, 4) is 17.1 Å². The van der Waals surface area contributed by atoms with Crippen LogP contribution >= 0.6 is 11.6 Å². The van der Waals surface area contributed by atoms with E-state index in [9.17, 15) is 0 Å². The Morgan fingerprint density at radius 1 is 0.895 bits per heavy atom. The molecule has 1 heterocycles. The minimum atomic E-state index is 0.364. The molecule has 0 fully saturated rings. The van der Waals surface area contributed by atoms with Gasteiger partial charge in [0.15, 0.2) is 5.82 Å². The van der Waals surface area contributed by atoms with E-state index in [0.29, 0.717) is 5.28 Å². The van der Waals surface area contributed by atoms with E-state index in [2.05, 4.69) is 17.1 Å².